The predicted molar refractivity (Wildman–Crippen MR) is 121 cm³/mol. The number of nitrogens with zero attached hydrogens (tertiary/aromatic N) is 2. The molecule has 3 rings (SSSR count). The van der Waals surface area contributed by atoms with Gasteiger partial charge in [-0.05, 0) is 37.5 Å². The van der Waals surface area contributed by atoms with Crippen molar-refractivity contribution in [2.24, 2.45) is 10.5 Å². The number of sulfonamides is 1. The quantitative estimate of drug-likeness (QED) is 0.475. The fraction of sp³-hybridized carbons (Fsp3) is 0.333. The minimum absolute atomic E-state index is 0.184. The van der Waals surface area contributed by atoms with E-state index in [2.05, 4.69) is 11.7 Å². The first-order valence-electron chi connectivity index (χ1n) is 10.1. The SMILES string of the molecule is C=C(CC[C@@H]1N(S(=O)(=O)c2ccc(C)cc2)N=C(c2ccccc2)C1(C)C)C(=O)OC. The molecule has 0 aromatic heterocycles. The maximum Gasteiger partial charge on any atom is 0.333 e. The highest BCUT2D eigenvalue weighted by molar-refractivity contribution is 7.89. The van der Waals surface area contributed by atoms with Gasteiger partial charge in [0, 0.05) is 11.0 Å². The summed E-state index contributed by atoms with van der Waals surface area (Å²) >= 11 is 0. The molecule has 0 unspecified atom stereocenters. The number of hydrogen-bond acceptors (Lipinski definition) is 5. The summed E-state index contributed by atoms with van der Waals surface area (Å²) < 4.78 is 33.1. The number of ether oxygens (including phenoxy) is 1. The van der Waals surface area contributed by atoms with E-state index in [9.17, 15) is 13.2 Å². The second-order valence-corrected chi connectivity index (χ2v) is 10.1. The largest absolute Gasteiger partial charge is 0.466 e. The van der Waals surface area contributed by atoms with Crippen LogP contribution >= 0.6 is 0 Å². The van der Waals surface area contributed by atoms with Gasteiger partial charge in [-0.2, -0.15) is 17.9 Å². The van der Waals surface area contributed by atoms with Crippen LogP contribution in [0.4, 0.5) is 0 Å². The molecule has 6 nitrogen and oxygen atoms in total. The highest BCUT2D eigenvalue weighted by Gasteiger charge is 2.49. The molecule has 1 atom stereocenters. The molecule has 0 amide bonds. The van der Waals surface area contributed by atoms with Gasteiger partial charge in [-0.3, -0.25) is 0 Å². The molecule has 0 aliphatic carbocycles. The monoisotopic (exact) mass is 440 g/mol. The standard InChI is InChI=1S/C24H28N2O4S/c1-17-11-14-20(15-12-17)31(28,29)26-21(16-13-18(2)23(27)30-5)24(3,4)22(25-26)19-9-7-6-8-10-19/h6-12,14-15,21H,2,13,16H2,1,3-5H3/t21-/m0/s1. The van der Waals surface area contributed by atoms with E-state index in [1.807, 2.05) is 51.1 Å². The lowest BCUT2D eigenvalue weighted by atomic mass is 9.76. The van der Waals surface area contributed by atoms with Crippen molar-refractivity contribution in [3.05, 3.63) is 77.9 Å². The summed E-state index contributed by atoms with van der Waals surface area (Å²) in [5, 5.41) is 4.62. The third kappa shape index (κ3) is 4.42. The molecule has 2 aromatic rings. The van der Waals surface area contributed by atoms with Crippen molar-refractivity contribution in [3.63, 3.8) is 0 Å². The minimum Gasteiger partial charge on any atom is -0.466 e. The van der Waals surface area contributed by atoms with Crippen molar-refractivity contribution in [2.75, 3.05) is 7.11 Å². The fourth-order valence-corrected chi connectivity index (χ4v) is 5.41. The molecule has 0 radical (unpaired) electrons. The number of carbonyl (C=O) groups is 1. The van der Waals surface area contributed by atoms with Crippen LogP contribution in [0.25, 0.3) is 0 Å². The molecule has 0 fully saturated rings. The first-order valence-corrected chi connectivity index (χ1v) is 11.5. The second kappa shape index (κ2) is 8.67. The zero-order valence-corrected chi connectivity index (χ0v) is 19.1. The van der Waals surface area contributed by atoms with Gasteiger partial charge >= 0.3 is 5.97 Å². The van der Waals surface area contributed by atoms with Crippen LogP contribution in [0.15, 0.2) is 76.7 Å². The third-order valence-corrected chi connectivity index (χ3v) is 7.41. The van der Waals surface area contributed by atoms with E-state index >= 15 is 0 Å². The van der Waals surface area contributed by atoms with Gasteiger partial charge in [-0.1, -0.05) is 68.5 Å². The molecule has 2 aromatic carbocycles. The molecule has 31 heavy (non-hydrogen) atoms. The van der Waals surface area contributed by atoms with Crippen LogP contribution in [-0.4, -0.2) is 37.7 Å². The van der Waals surface area contributed by atoms with E-state index in [1.54, 1.807) is 24.3 Å². The average molecular weight is 441 g/mol. The Morgan fingerprint density at radius 1 is 1.13 bits per heavy atom. The Kier molecular flexibility index (Phi) is 6.36. The Hall–Kier alpha value is -2.93. The van der Waals surface area contributed by atoms with Gasteiger partial charge in [-0.25, -0.2) is 4.79 Å². The number of aryl methyl sites for hydroxylation is 1. The van der Waals surface area contributed by atoms with E-state index in [0.717, 1.165) is 11.1 Å². The molecular weight excluding hydrogens is 412 g/mol. The van der Waals surface area contributed by atoms with Crippen molar-refractivity contribution in [3.8, 4) is 0 Å². The zero-order valence-electron chi connectivity index (χ0n) is 18.3. The summed E-state index contributed by atoms with van der Waals surface area (Å²) in [6.07, 6.45) is 0.685. The van der Waals surface area contributed by atoms with Crippen molar-refractivity contribution in [2.45, 2.75) is 44.6 Å². The zero-order chi connectivity index (χ0) is 22.8. The Morgan fingerprint density at radius 3 is 2.32 bits per heavy atom. The molecule has 0 saturated carbocycles. The summed E-state index contributed by atoms with van der Waals surface area (Å²) in [5.74, 6) is -0.493. The van der Waals surface area contributed by atoms with Gasteiger partial charge < -0.3 is 4.74 Å². The molecule has 7 heteroatoms. The lowest BCUT2D eigenvalue weighted by molar-refractivity contribution is -0.136. The fourth-order valence-electron chi connectivity index (χ4n) is 3.82. The van der Waals surface area contributed by atoms with Crippen LogP contribution in [0.3, 0.4) is 0 Å². The van der Waals surface area contributed by atoms with E-state index in [-0.39, 0.29) is 4.90 Å². The van der Waals surface area contributed by atoms with Crippen LogP contribution in [0, 0.1) is 12.3 Å². The van der Waals surface area contributed by atoms with Crippen molar-refractivity contribution >= 4 is 21.7 Å². The lowest BCUT2D eigenvalue weighted by Crippen LogP contribution is -2.42. The summed E-state index contributed by atoms with van der Waals surface area (Å²) in [5.41, 5.74) is 2.25. The predicted octanol–water partition coefficient (Wildman–Crippen LogP) is 4.31. The normalized spacial score (nSPS) is 17.9. The second-order valence-electron chi connectivity index (χ2n) is 8.28. The number of rotatable bonds is 7. The molecule has 1 heterocycles. The molecule has 1 aliphatic rings. The Labute approximate surface area is 184 Å². The van der Waals surface area contributed by atoms with Crippen LogP contribution < -0.4 is 0 Å². The summed E-state index contributed by atoms with van der Waals surface area (Å²) in [6, 6.07) is 15.8. The van der Waals surface area contributed by atoms with E-state index in [1.165, 1.54) is 11.5 Å². The minimum atomic E-state index is -3.89. The first kappa shape index (κ1) is 22.7. The Balaban J connectivity index is 2.04. The molecular formula is C24H28N2O4S. The number of benzene rings is 2. The number of carbonyl (C=O) groups excluding carboxylic acids is 1. The van der Waals surface area contributed by atoms with Gasteiger partial charge in [0.05, 0.1) is 23.8 Å². The summed E-state index contributed by atoms with van der Waals surface area (Å²) in [6.45, 7) is 9.65. The molecule has 0 N–H and O–H groups in total. The average Bonchev–Trinajstić information content (AvgIpc) is 3.03. The maximum atomic E-state index is 13.6. The van der Waals surface area contributed by atoms with Gasteiger partial charge in [0.1, 0.15) is 0 Å². The highest BCUT2D eigenvalue weighted by Crippen LogP contribution is 2.42. The summed E-state index contributed by atoms with van der Waals surface area (Å²) in [4.78, 5) is 12.0. The van der Waals surface area contributed by atoms with Crippen molar-refractivity contribution in [1.29, 1.82) is 0 Å². The Bertz CT molecular complexity index is 1100. The number of esters is 1. The van der Waals surface area contributed by atoms with E-state index < -0.39 is 27.4 Å². The van der Waals surface area contributed by atoms with Gasteiger partial charge in [0.25, 0.3) is 10.0 Å². The molecule has 0 bridgehead atoms. The van der Waals surface area contributed by atoms with Crippen molar-refractivity contribution in [1.82, 2.24) is 4.41 Å². The Morgan fingerprint density at radius 2 is 1.74 bits per heavy atom. The van der Waals surface area contributed by atoms with Crippen LogP contribution in [0.1, 0.15) is 37.8 Å². The maximum absolute atomic E-state index is 13.6. The highest BCUT2D eigenvalue weighted by atomic mass is 32.2. The van der Waals surface area contributed by atoms with Crippen LogP contribution in [0.2, 0.25) is 0 Å². The summed E-state index contributed by atoms with van der Waals surface area (Å²) in [7, 11) is -2.59. The van der Waals surface area contributed by atoms with E-state index in [0.29, 0.717) is 24.1 Å². The van der Waals surface area contributed by atoms with Gasteiger partial charge in [0.15, 0.2) is 0 Å². The molecule has 164 valence electrons. The van der Waals surface area contributed by atoms with Crippen LogP contribution in [0.5, 0.6) is 0 Å². The number of methoxy groups -OCH3 is 1. The number of hydrogen-bond donors (Lipinski definition) is 0. The van der Waals surface area contributed by atoms with Crippen molar-refractivity contribution < 1.29 is 17.9 Å². The molecule has 0 spiro atoms. The first-order chi connectivity index (χ1) is 14.6. The molecule has 1 aliphatic heterocycles. The van der Waals surface area contributed by atoms with Crippen LogP contribution in [-0.2, 0) is 19.6 Å². The molecule has 0 saturated heterocycles. The van der Waals surface area contributed by atoms with E-state index in [4.69, 9.17) is 4.74 Å². The smallest absolute Gasteiger partial charge is 0.333 e. The van der Waals surface area contributed by atoms with Gasteiger partial charge in [-0.15, -0.1) is 0 Å². The number of hydrazone groups is 1. The van der Waals surface area contributed by atoms with Gasteiger partial charge in [0.2, 0.25) is 0 Å². The lowest BCUT2D eigenvalue weighted by Gasteiger charge is -2.32. The topological polar surface area (TPSA) is 76.0 Å². The third-order valence-electron chi connectivity index (χ3n) is 5.71.